The van der Waals surface area contributed by atoms with E-state index in [9.17, 15) is 26.4 Å². The molecule has 0 saturated carbocycles. The number of halogens is 3. The highest BCUT2D eigenvalue weighted by Gasteiger charge is 2.12. The zero-order valence-electron chi connectivity index (χ0n) is 13.7. The first-order chi connectivity index (χ1) is 11.7. The van der Waals surface area contributed by atoms with Gasteiger partial charge in [0.1, 0.15) is 5.82 Å². The first-order valence-corrected chi connectivity index (χ1v) is 9.69. The molecule has 0 atom stereocenters. The summed E-state index contributed by atoms with van der Waals surface area (Å²) >= 11 is 0. The normalized spacial score (nSPS) is 11.5. The van der Waals surface area contributed by atoms with Gasteiger partial charge in [-0.1, -0.05) is 32.1 Å². The van der Waals surface area contributed by atoms with E-state index in [2.05, 4.69) is 5.32 Å². The number of amides is 1. The molecule has 5 nitrogen and oxygen atoms in total. The van der Waals surface area contributed by atoms with Gasteiger partial charge in [0.25, 0.3) is 10.1 Å². The highest BCUT2D eigenvalue weighted by atomic mass is 32.2. The fourth-order valence-corrected chi connectivity index (χ4v) is 2.85. The maximum Gasteiger partial charge on any atom is 0.264 e. The maximum absolute atomic E-state index is 13.4. The van der Waals surface area contributed by atoms with Crippen molar-refractivity contribution in [1.29, 1.82) is 0 Å². The van der Waals surface area contributed by atoms with Crippen molar-refractivity contribution < 1.29 is 30.9 Å². The van der Waals surface area contributed by atoms with Crippen molar-refractivity contribution in [2.75, 3.05) is 11.1 Å². The van der Waals surface area contributed by atoms with Crippen molar-refractivity contribution in [1.82, 2.24) is 0 Å². The summed E-state index contributed by atoms with van der Waals surface area (Å²) in [5.74, 6) is -4.28. The molecule has 0 aliphatic heterocycles. The Morgan fingerprint density at radius 3 is 2.00 bits per heavy atom. The molecule has 0 radical (unpaired) electrons. The Bertz CT molecular complexity index is 680. The first kappa shape index (κ1) is 21.4. The van der Waals surface area contributed by atoms with Gasteiger partial charge < -0.3 is 5.32 Å². The van der Waals surface area contributed by atoms with Gasteiger partial charge in [-0.3, -0.25) is 9.35 Å². The van der Waals surface area contributed by atoms with Crippen LogP contribution in [0.5, 0.6) is 0 Å². The molecule has 1 aromatic carbocycles. The van der Waals surface area contributed by atoms with Crippen LogP contribution in [-0.4, -0.2) is 24.6 Å². The van der Waals surface area contributed by atoms with Crippen LogP contribution in [0.4, 0.5) is 18.9 Å². The first-order valence-electron chi connectivity index (χ1n) is 8.08. The molecule has 2 N–H and O–H groups in total. The predicted molar refractivity (Wildman–Crippen MR) is 88.3 cm³/mol. The summed E-state index contributed by atoms with van der Waals surface area (Å²) in [4.78, 5) is 11.7. The molecule has 1 amide bonds. The summed E-state index contributed by atoms with van der Waals surface area (Å²) in [6.07, 6.45) is 5.18. The van der Waals surface area contributed by atoms with Crippen LogP contribution < -0.4 is 5.32 Å². The lowest BCUT2D eigenvalue weighted by atomic mass is 10.1. The Kier molecular flexibility index (Phi) is 8.91. The number of unbranched alkanes of at least 4 members (excludes halogenated alkanes) is 6. The second-order valence-corrected chi connectivity index (χ2v) is 7.38. The zero-order chi connectivity index (χ0) is 18.9. The van der Waals surface area contributed by atoms with Crippen LogP contribution >= 0.6 is 0 Å². The summed E-state index contributed by atoms with van der Waals surface area (Å²) in [7, 11) is -3.88. The molecule has 0 heterocycles. The monoisotopic (exact) mass is 381 g/mol. The van der Waals surface area contributed by atoms with E-state index in [4.69, 9.17) is 4.55 Å². The van der Waals surface area contributed by atoms with Gasteiger partial charge in [-0.15, -0.1) is 0 Å². The van der Waals surface area contributed by atoms with Crippen LogP contribution in [0.25, 0.3) is 0 Å². The van der Waals surface area contributed by atoms with Gasteiger partial charge in [-0.25, -0.2) is 13.2 Å². The molecule has 0 aliphatic rings. The van der Waals surface area contributed by atoms with E-state index >= 15 is 0 Å². The predicted octanol–water partition coefficient (Wildman–Crippen LogP) is 4.05. The van der Waals surface area contributed by atoms with Crippen molar-refractivity contribution in [2.45, 2.75) is 51.4 Å². The fourth-order valence-electron chi connectivity index (χ4n) is 2.28. The van der Waals surface area contributed by atoms with E-state index in [-0.39, 0.29) is 17.9 Å². The Morgan fingerprint density at radius 2 is 1.40 bits per heavy atom. The van der Waals surface area contributed by atoms with Crippen molar-refractivity contribution in [2.24, 2.45) is 0 Å². The Hall–Kier alpha value is -1.61. The molecule has 25 heavy (non-hydrogen) atoms. The van der Waals surface area contributed by atoms with Crippen LogP contribution in [0, 0.1) is 17.5 Å². The largest absolute Gasteiger partial charge is 0.324 e. The number of carbonyl (C=O) groups is 1. The average Bonchev–Trinajstić information content (AvgIpc) is 2.50. The van der Waals surface area contributed by atoms with Gasteiger partial charge in [0.05, 0.1) is 11.4 Å². The average molecular weight is 381 g/mol. The standard InChI is InChI=1S/C16H22F3NO4S/c17-12-10-14(19)15(11-13(12)18)20-16(21)8-6-4-2-1-3-5-7-9-25(22,23)24/h10-11H,1-9H2,(H,20,21)(H,22,23,24). The Labute approximate surface area is 145 Å². The van der Waals surface area contributed by atoms with Crippen molar-refractivity contribution in [3.63, 3.8) is 0 Å². The second kappa shape index (κ2) is 10.4. The lowest BCUT2D eigenvalue weighted by molar-refractivity contribution is -0.116. The molecule has 0 aromatic heterocycles. The minimum absolute atomic E-state index is 0.140. The summed E-state index contributed by atoms with van der Waals surface area (Å²) in [6, 6.07) is 0.988. The van der Waals surface area contributed by atoms with Gasteiger partial charge in [-0.05, 0) is 12.8 Å². The molecular weight excluding hydrogens is 359 g/mol. The number of anilines is 1. The van der Waals surface area contributed by atoms with E-state index in [1.54, 1.807) is 0 Å². The highest BCUT2D eigenvalue weighted by molar-refractivity contribution is 7.85. The molecule has 9 heteroatoms. The van der Waals surface area contributed by atoms with Crippen LogP contribution in [0.1, 0.15) is 51.4 Å². The third-order valence-electron chi connectivity index (χ3n) is 3.59. The van der Waals surface area contributed by atoms with Gasteiger partial charge in [0.2, 0.25) is 5.91 Å². The molecule has 0 saturated heterocycles. The van der Waals surface area contributed by atoms with E-state index in [1.807, 2.05) is 0 Å². The third kappa shape index (κ3) is 9.45. The van der Waals surface area contributed by atoms with Gasteiger partial charge in [0.15, 0.2) is 11.6 Å². The molecule has 0 bridgehead atoms. The number of hydrogen-bond acceptors (Lipinski definition) is 3. The van der Waals surface area contributed by atoms with E-state index in [0.717, 1.165) is 25.7 Å². The fraction of sp³-hybridized carbons (Fsp3) is 0.562. The van der Waals surface area contributed by atoms with Crippen molar-refractivity contribution in [3.05, 3.63) is 29.6 Å². The minimum Gasteiger partial charge on any atom is -0.324 e. The maximum atomic E-state index is 13.4. The number of carbonyl (C=O) groups excluding carboxylic acids is 1. The SMILES string of the molecule is O=C(CCCCCCCCCS(=O)(=O)O)Nc1cc(F)c(F)cc1F. The van der Waals surface area contributed by atoms with Crippen molar-refractivity contribution in [3.8, 4) is 0 Å². The van der Waals surface area contributed by atoms with Crippen LogP contribution in [0.2, 0.25) is 0 Å². The molecular formula is C16H22F3NO4S. The van der Waals surface area contributed by atoms with Crippen LogP contribution in [0.3, 0.4) is 0 Å². The summed E-state index contributed by atoms with van der Waals surface area (Å²) in [5, 5.41) is 2.21. The van der Waals surface area contributed by atoms with E-state index < -0.39 is 33.5 Å². The van der Waals surface area contributed by atoms with Crippen LogP contribution in [0.15, 0.2) is 12.1 Å². The molecule has 1 rings (SSSR count). The molecule has 142 valence electrons. The van der Waals surface area contributed by atoms with E-state index in [1.165, 1.54) is 0 Å². The summed E-state index contributed by atoms with van der Waals surface area (Å²) in [6.45, 7) is 0. The van der Waals surface area contributed by atoms with Crippen LogP contribution in [-0.2, 0) is 14.9 Å². The van der Waals surface area contributed by atoms with Gasteiger partial charge >= 0.3 is 0 Å². The topological polar surface area (TPSA) is 83.5 Å². The smallest absolute Gasteiger partial charge is 0.264 e. The van der Waals surface area contributed by atoms with E-state index in [0.29, 0.717) is 31.4 Å². The molecule has 0 unspecified atom stereocenters. The quantitative estimate of drug-likeness (QED) is 0.344. The van der Waals surface area contributed by atoms with Gasteiger partial charge in [-0.2, -0.15) is 8.42 Å². The second-order valence-electron chi connectivity index (χ2n) is 5.81. The number of nitrogens with one attached hydrogen (secondary N) is 1. The molecule has 0 fully saturated rings. The Morgan fingerprint density at radius 1 is 0.880 bits per heavy atom. The third-order valence-corrected chi connectivity index (χ3v) is 4.39. The number of hydrogen-bond donors (Lipinski definition) is 2. The summed E-state index contributed by atoms with van der Waals surface area (Å²) in [5.41, 5.74) is -0.386. The summed E-state index contributed by atoms with van der Waals surface area (Å²) < 4.78 is 68.8. The number of rotatable bonds is 11. The lowest BCUT2D eigenvalue weighted by Gasteiger charge is -2.07. The molecule has 1 aromatic rings. The lowest BCUT2D eigenvalue weighted by Crippen LogP contribution is -2.13. The Balaban J connectivity index is 2.12. The molecule has 0 spiro atoms. The van der Waals surface area contributed by atoms with Crippen molar-refractivity contribution >= 4 is 21.7 Å². The number of benzene rings is 1. The minimum atomic E-state index is -3.88. The van der Waals surface area contributed by atoms with Gasteiger partial charge in [0, 0.05) is 18.6 Å². The highest BCUT2D eigenvalue weighted by Crippen LogP contribution is 2.19. The molecule has 0 aliphatic carbocycles. The zero-order valence-corrected chi connectivity index (χ0v) is 14.5.